The third kappa shape index (κ3) is 5.48. The first-order valence-corrected chi connectivity index (χ1v) is 11.9. The molecule has 2 aliphatic rings. The number of phenolic OH excluding ortho intramolecular Hbond substituents is 1. The van der Waals surface area contributed by atoms with Gasteiger partial charge in [-0.25, -0.2) is 14.0 Å². The molecule has 0 saturated carbocycles. The number of likely N-dealkylation sites (N-methyl/N-ethyl adjacent to an activating group) is 1. The first-order valence-electron chi connectivity index (χ1n) is 11.9. The van der Waals surface area contributed by atoms with Crippen molar-refractivity contribution < 1.29 is 48.3 Å². The number of aromatic carboxylic acids is 1. The van der Waals surface area contributed by atoms with Gasteiger partial charge in [-0.2, -0.15) is 0 Å². The van der Waals surface area contributed by atoms with Crippen LogP contribution < -0.4 is 15.3 Å². The number of benzene rings is 2. The van der Waals surface area contributed by atoms with Crippen LogP contribution >= 0.6 is 0 Å². The lowest BCUT2D eigenvalue weighted by Gasteiger charge is -2.33. The van der Waals surface area contributed by atoms with E-state index in [9.17, 15) is 43.6 Å². The highest BCUT2D eigenvalue weighted by molar-refractivity contribution is 6.47. The first kappa shape index (κ1) is 27.4. The van der Waals surface area contributed by atoms with Crippen molar-refractivity contribution in [3.05, 3.63) is 58.9 Å². The number of carbonyl (C=O) groups is 5. The summed E-state index contributed by atoms with van der Waals surface area (Å²) in [6, 6.07) is 4.56. The summed E-state index contributed by atoms with van der Waals surface area (Å²) < 4.78 is 19.5. The normalized spacial score (nSPS) is 17.7. The summed E-state index contributed by atoms with van der Waals surface area (Å²) in [5.74, 6) is -7.15. The fourth-order valence-corrected chi connectivity index (χ4v) is 4.36. The Hall–Kier alpha value is -4.66. The molecule has 2 heterocycles. The van der Waals surface area contributed by atoms with Crippen LogP contribution in [0.4, 0.5) is 9.18 Å². The Balaban J connectivity index is 1.57. The zero-order chi connectivity index (χ0) is 28.4. The van der Waals surface area contributed by atoms with Gasteiger partial charge in [0.05, 0.1) is 11.5 Å². The van der Waals surface area contributed by atoms with Gasteiger partial charge in [-0.15, -0.1) is 0 Å². The molecule has 4 rings (SSSR count). The second-order valence-electron chi connectivity index (χ2n) is 8.86. The molecule has 0 aromatic heterocycles. The van der Waals surface area contributed by atoms with E-state index in [4.69, 9.17) is 4.65 Å². The molecule has 0 unspecified atom stereocenters. The maximum atomic E-state index is 14.2. The van der Waals surface area contributed by atoms with Gasteiger partial charge in [0, 0.05) is 19.6 Å². The maximum absolute atomic E-state index is 14.2. The lowest BCUT2D eigenvalue weighted by atomic mass is 9.72. The van der Waals surface area contributed by atoms with Gasteiger partial charge in [-0.1, -0.05) is 18.2 Å². The lowest BCUT2D eigenvalue weighted by molar-refractivity contribution is -0.153. The summed E-state index contributed by atoms with van der Waals surface area (Å²) in [4.78, 5) is 64.4. The van der Waals surface area contributed by atoms with Gasteiger partial charge in [0.15, 0.2) is 11.6 Å². The van der Waals surface area contributed by atoms with Gasteiger partial charge in [0.25, 0.3) is 0 Å². The molecule has 0 bridgehead atoms. The van der Waals surface area contributed by atoms with Gasteiger partial charge >= 0.3 is 30.9 Å². The van der Waals surface area contributed by atoms with Gasteiger partial charge in [-0.05, 0) is 42.7 Å². The molecule has 2 aromatic carbocycles. The molecule has 2 aliphatic heterocycles. The van der Waals surface area contributed by atoms with Gasteiger partial charge in [0.1, 0.15) is 11.8 Å². The molecular weight excluding hydrogens is 518 g/mol. The number of amides is 5. The first-order chi connectivity index (χ1) is 18.5. The van der Waals surface area contributed by atoms with Crippen LogP contribution in [0.5, 0.6) is 11.5 Å². The van der Waals surface area contributed by atoms with Gasteiger partial charge < -0.3 is 35.4 Å². The highest BCUT2D eigenvalue weighted by Crippen LogP contribution is 2.30. The van der Waals surface area contributed by atoms with E-state index in [1.165, 1.54) is 23.1 Å². The number of halogens is 1. The van der Waals surface area contributed by atoms with Crippen molar-refractivity contribution in [1.29, 1.82) is 0 Å². The van der Waals surface area contributed by atoms with Crippen LogP contribution in [0, 0.1) is 5.82 Å². The van der Waals surface area contributed by atoms with Crippen molar-refractivity contribution in [1.82, 2.24) is 20.4 Å². The Kier molecular flexibility index (Phi) is 7.71. The number of hydrogen-bond donors (Lipinski definition) is 5. The van der Waals surface area contributed by atoms with E-state index in [1.807, 2.05) is 0 Å². The van der Waals surface area contributed by atoms with Crippen molar-refractivity contribution in [2.75, 3.05) is 19.6 Å². The standard InChI is InChI=1S/C24H24BFN4O9/c1-2-29-8-9-30(22(34)21(29)33)24(37)28-18(12-6-7-16(31)15(26)10-12)20(32)27-17-11-13-4-3-5-14(23(35)36)19(13)39-25(17)38/h3-7,10,17-18,31,38H,2,8-9,11H2,1H3,(H,27,32)(H,28,37)(H,35,36)/t17-,18+/m0/s1. The maximum Gasteiger partial charge on any atom is 0.547 e. The highest BCUT2D eigenvalue weighted by atomic mass is 19.1. The molecule has 1 saturated heterocycles. The number of phenols is 1. The number of nitrogens with one attached hydrogen (secondary N) is 2. The summed E-state index contributed by atoms with van der Waals surface area (Å²) in [6.07, 6.45) is -0.0417. The summed E-state index contributed by atoms with van der Waals surface area (Å²) in [5.41, 5.74) is 0.102. The van der Waals surface area contributed by atoms with Crippen LogP contribution in [0.1, 0.15) is 34.5 Å². The third-order valence-corrected chi connectivity index (χ3v) is 6.45. The molecule has 1 fully saturated rings. The Bertz CT molecular complexity index is 1360. The number of carbonyl (C=O) groups excluding carboxylic acids is 4. The molecule has 0 aliphatic carbocycles. The number of fused-ring (bicyclic) bond motifs is 1. The largest absolute Gasteiger partial charge is 0.547 e. The molecule has 5 N–H and O–H groups in total. The van der Waals surface area contributed by atoms with Crippen LogP contribution in [0.3, 0.4) is 0 Å². The van der Waals surface area contributed by atoms with Gasteiger partial charge in [0.2, 0.25) is 5.91 Å². The topological polar surface area (TPSA) is 186 Å². The number of hydrogen-bond acceptors (Lipinski definition) is 8. The molecule has 2 aromatic rings. The van der Waals surface area contributed by atoms with E-state index in [0.29, 0.717) is 10.5 Å². The zero-order valence-electron chi connectivity index (χ0n) is 20.6. The van der Waals surface area contributed by atoms with E-state index in [-0.39, 0.29) is 42.9 Å². The van der Waals surface area contributed by atoms with Crippen molar-refractivity contribution >= 4 is 36.8 Å². The molecule has 15 heteroatoms. The number of urea groups is 1. The molecule has 204 valence electrons. The monoisotopic (exact) mass is 542 g/mol. The predicted molar refractivity (Wildman–Crippen MR) is 131 cm³/mol. The number of carboxylic acid groups (broad SMARTS) is 1. The van der Waals surface area contributed by atoms with E-state index in [1.54, 1.807) is 13.0 Å². The molecule has 2 atom stereocenters. The number of carboxylic acids is 1. The van der Waals surface area contributed by atoms with Crippen molar-refractivity contribution in [3.63, 3.8) is 0 Å². The van der Waals surface area contributed by atoms with Crippen LogP contribution in [0.25, 0.3) is 0 Å². The van der Waals surface area contributed by atoms with Crippen LogP contribution in [0.15, 0.2) is 36.4 Å². The SMILES string of the molecule is CCN1CCN(C(=O)N[C@@H](C(=O)N[C@H]2Cc3cccc(C(=O)O)c3OB2O)c2ccc(O)c(F)c2)C(=O)C1=O. The minimum atomic E-state index is -1.67. The average molecular weight is 542 g/mol. The number of imide groups is 1. The van der Waals surface area contributed by atoms with Crippen molar-refractivity contribution in [3.8, 4) is 11.5 Å². The number of para-hydroxylation sites is 1. The molecule has 39 heavy (non-hydrogen) atoms. The van der Waals surface area contributed by atoms with E-state index in [0.717, 1.165) is 12.1 Å². The number of piperazine rings is 1. The minimum Gasteiger partial charge on any atom is -0.534 e. The second kappa shape index (κ2) is 11.0. The lowest BCUT2D eigenvalue weighted by Crippen LogP contribution is -2.60. The predicted octanol–water partition coefficient (Wildman–Crippen LogP) is -0.189. The van der Waals surface area contributed by atoms with Crippen molar-refractivity contribution in [2.24, 2.45) is 0 Å². The quantitative estimate of drug-likeness (QED) is 0.244. The molecular formula is C24H24BFN4O9. The smallest absolute Gasteiger partial charge is 0.534 e. The summed E-state index contributed by atoms with van der Waals surface area (Å²) >= 11 is 0. The van der Waals surface area contributed by atoms with E-state index < -0.39 is 60.4 Å². The Labute approximate surface area is 221 Å². The minimum absolute atomic E-state index is 0.0417. The molecule has 0 spiro atoms. The van der Waals surface area contributed by atoms with E-state index >= 15 is 0 Å². The number of nitrogens with zero attached hydrogens (tertiary/aromatic N) is 2. The summed E-state index contributed by atoms with van der Waals surface area (Å²) in [5, 5.41) is 34.2. The highest BCUT2D eigenvalue weighted by Gasteiger charge is 2.41. The van der Waals surface area contributed by atoms with Crippen molar-refractivity contribution in [2.45, 2.75) is 25.3 Å². The van der Waals surface area contributed by atoms with Crippen LogP contribution in [0.2, 0.25) is 0 Å². The Morgan fingerprint density at radius 2 is 1.92 bits per heavy atom. The number of aromatic hydroxyl groups is 1. The van der Waals surface area contributed by atoms with Crippen LogP contribution in [-0.2, 0) is 20.8 Å². The Morgan fingerprint density at radius 1 is 1.18 bits per heavy atom. The Morgan fingerprint density at radius 3 is 2.59 bits per heavy atom. The second-order valence-corrected chi connectivity index (χ2v) is 8.86. The van der Waals surface area contributed by atoms with E-state index in [2.05, 4.69) is 10.6 Å². The van der Waals surface area contributed by atoms with Gasteiger partial charge in [-0.3, -0.25) is 19.3 Å². The average Bonchev–Trinajstić information content (AvgIpc) is 2.90. The molecule has 5 amide bonds. The molecule has 0 radical (unpaired) electrons. The fourth-order valence-electron chi connectivity index (χ4n) is 4.36. The third-order valence-electron chi connectivity index (χ3n) is 6.45. The summed E-state index contributed by atoms with van der Waals surface area (Å²) in [6.45, 7) is 1.88. The number of rotatable bonds is 6. The summed E-state index contributed by atoms with van der Waals surface area (Å²) in [7, 11) is -1.67. The fraction of sp³-hybridized carbons (Fsp3) is 0.292. The van der Waals surface area contributed by atoms with Crippen LogP contribution in [-0.4, -0.2) is 87.5 Å². The zero-order valence-corrected chi connectivity index (χ0v) is 20.6. The molecule has 13 nitrogen and oxygen atoms in total.